The Kier molecular flexibility index (Phi) is 4.95. The number of ether oxygens (including phenoxy) is 1. The molecule has 0 unspecified atom stereocenters. The van der Waals surface area contributed by atoms with Crippen LogP contribution in [0, 0.1) is 0 Å². The molecule has 23 heavy (non-hydrogen) atoms. The van der Waals surface area contributed by atoms with Crippen LogP contribution in [0.2, 0.25) is 5.02 Å². The summed E-state index contributed by atoms with van der Waals surface area (Å²) >= 11 is 5.98. The summed E-state index contributed by atoms with van der Waals surface area (Å²) in [6, 6.07) is 7.60. The third-order valence-corrected chi connectivity index (χ3v) is 5.54. The summed E-state index contributed by atoms with van der Waals surface area (Å²) < 4.78 is 5.29. The molecular formula is C18H24ClNO3. The van der Waals surface area contributed by atoms with Crippen LogP contribution < -0.4 is 5.32 Å². The van der Waals surface area contributed by atoms with Crippen LogP contribution in [0.15, 0.2) is 24.3 Å². The first-order valence-electron chi connectivity index (χ1n) is 8.39. The van der Waals surface area contributed by atoms with Crippen LogP contribution >= 0.6 is 11.6 Å². The number of carbonyl (C=O) groups is 1. The van der Waals surface area contributed by atoms with Crippen molar-refractivity contribution in [1.29, 1.82) is 0 Å². The fourth-order valence-electron chi connectivity index (χ4n) is 3.74. The Morgan fingerprint density at radius 3 is 2.35 bits per heavy atom. The molecule has 0 atom stereocenters. The SMILES string of the molecule is O=C(NCC1(O)CCOCC1)C1(c2ccc(Cl)cc2)CCCC1. The molecule has 0 radical (unpaired) electrons. The largest absolute Gasteiger partial charge is 0.388 e. The first-order chi connectivity index (χ1) is 11.0. The van der Waals surface area contributed by atoms with Gasteiger partial charge in [0.25, 0.3) is 0 Å². The molecule has 126 valence electrons. The van der Waals surface area contributed by atoms with Crippen molar-refractivity contribution in [1.82, 2.24) is 5.32 Å². The first kappa shape index (κ1) is 16.7. The van der Waals surface area contributed by atoms with Crippen molar-refractivity contribution in [2.24, 2.45) is 0 Å². The van der Waals surface area contributed by atoms with Gasteiger partial charge in [-0.2, -0.15) is 0 Å². The van der Waals surface area contributed by atoms with Gasteiger partial charge in [0.15, 0.2) is 0 Å². The van der Waals surface area contributed by atoms with Crippen LogP contribution in [0.25, 0.3) is 0 Å². The van der Waals surface area contributed by atoms with E-state index in [4.69, 9.17) is 16.3 Å². The van der Waals surface area contributed by atoms with Gasteiger partial charge in [-0.15, -0.1) is 0 Å². The third kappa shape index (κ3) is 3.54. The Balaban J connectivity index is 1.73. The molecule has 0 spiro atoms. The summed E-state index contributed by atoms with van der Waals surface area (Å²) in [7, 11) is 0. The number of aliphatic hydroxyl groups is 1. The Bertz CT molecular complexity index is 546. The van der Waals surface area contributed by atoms with Crippen LogP contribution in [0.1, 0.15) is 44.1 Å². The second-order valence-corrected chi connectivity index (χ2v) is 7.25. The van der Waals surface area contributed by atoms with E-state index in [-0.39, 0.29) is 5.91 Å². The Hall–Kier alpha value is -1.10. The maximum absolute atomic E-state index is 13.0. The number of rotatable bonds is 4. The van der Waals surface area contributed by atoms with Crippen molar-refractivity contribution in [3.05, 3.63) is 34.9 Å². The van der Waals surface area contributed by atoms with Crippen LogP contribution in [-0.4, -0.2) is 36.4 Å². The van der Waals surface area contributed by atoms with Gasteiger partial charge in [-0.3, -0.25) is 4.79 Å². The monoisotopic (exact) mass is 337 g/mol. The maximum atomic E-state index is 13.0. The van der Waals surface area contributed by atoms with E-state index in [2.05, 4.69) is 5.32 Å². The summed E-state index contributed by atoms with van der Waals surface area (Å²) in [5.74, 6) is 0.0252. The number of amides is 1. The molecule has 0 aromatic heterocycles. The minimum absolute atomic E-state index is 0.0252. The smallest absolute Gasteiger partial charge is 0.230 e. The average molecular weight is 338 g/mol. The van der Waals surface area contributed by atoms with Crippen LogP contribution in [0.4, 0.5) is 0 Å². The highest BCUT2D eigenvalue weighted by atomic mass is 35.5. The van der Waals surface area contributed by atoms with Gasteiger partial charge in [-0.05, 0) is 30.5 Å². The van der Waals surface area contributed by atoms with Crippen molar-refractivity contribution in [3.8, 4) is 0 Å². The number of hydrogen-bond donors (Lipinski definition) is 2. The number of halogens is 1. The van der Waals surface area contributed by atoms with Crippen molar-refractivity contribution in [2.45, 2.75) is 49.5 Å². The minimum atomic E-state index is -0.840. The lowest BCUT2D eigenvalue weighted by molar-refractivity contribution is -0.129. The fourth-order valence-corrected chi connectivity index (χ4v) is 3.86. The molecule has 2 N–H and O–H groups in total. The van der Waals surface area contributed by atoms with Gasteiger partial charge in [0.05, 0.1) is 11.0 Å². The lowest BCUT2D eigenvalue weighted by atomic mass is 9.77. The molecule has 5 heteroatoms. The zero-order valence-electron chi connectivity index (χ0n) is 13.3. The molecule has 2 fully saturated rings. The van der Waals surface area contributed by atoms with E-state index in [0.717, 1.165) is 31.2 Å². The molecule has 1 heterocycles. The highest BCUT2D eigenvalue weighted by molar-refractivity contribution is 6.30. The zero-order valence-corrected chi connectivity index (χ0v) is 14.1. The summed E-state index contributed by atoms with van der Waals surface area (Å²) in [6.07, 6.45) is 4.94. The molecule has 1 aliphatic carbocycles. The summed E-state index contributed by atoms with van der Waals surface area (Å²) in [5.41, 5.74) is -0.296. The van der Waals surface area contributed by atoms with Gasteiger partial charge >= 0.3 is 0 Å². The average Bonchev–Trinajstić information content (AvgIpc) is 3.05. The molecule has 1 aliphatic heterocycles. The second-order valence-electron chi connectivity index (χ2n) is 6.82. The molecule has 1 amide bonds. The number of hydrogen-bond acceptors (Lipinski definition) is 3. The van der Waals surface area contributed by atoms with Gasteiger partial charge in [0, 0.05) is 37.6 Å². The van der Waals surface area contributed by atoms with Crippen LogP contribution in [0.5, 0.6) is 0 Å². The minimum Gasteiger partial charge on any atom is -0.388 e. The van der Waals surface area contributed by atoms with E-state index >= 15 is 0 Å². The van der Waals surface area contributed by atoms with Gasteiger partial charge in [0.2, 0.25) is 5.91 Å². The molecule has 1 saturated heterocycles. The van der Waals surface area contributed by atoms with Crippen LogP contribution in [-0.2, 0) is 14.9 Å². The topological polar surface area (TPSA) is 58.6 Å². The highest BCUT2D eigenvalue weighted by Crippen LogP contribution is 2.41. The Morgan fingerprint density at radius 1 is 1.13 bits per heavy atom. The van der Waals surface area contributed by atoms with Crippen molar-refractivity contribution in [3.63, 3.8) is 0 Å². The number of nitrogens with one attached hydrogen (secondary N) is 1. The molecule has 4 nitrogen and oxygen atoms in total. The van der Waals surface area contributed by atoms with Gasteiger partial charge < -0.3 is 15.2 Å². The van der Waals surface area contributed by atoms with Crippen molar-refractivity contribution >= 4 is 17.5 Å². The molecule has 1 aromatic carbocycles. The molecule has 1 aromatic rings. The van der Waals surface area contributed by atoms with E-state index < -0.39 is 11.0 Å². The zero-order chi connectivity index (χ0) is 16.3. The predicted molar refractivity (Wildman–Crippen MR) is 89.6 cm³/mol. The van der Waals surface area contributed by atoms with Crippen LogP contribution in [0.3, 0.4) is 0 Å². The maximum Gasteiger partial charge on any atom is 0.230 e. The quantitative estimate of drug-likeness (QED) is 0.888. The standard InChI is InChI=1S/C18H24ClNO3/c19-15-5-3-14(4-6-15)18(7-1-2-8-18)16(21)20-13-17(22)9-11-23-12-10-17/h3-6,22H,1-2,7-13H2,(H,20,21). The predicted octanol–water partition coefficient (Wildman–Crippen LogP) is 2.81. The van der Waals surface area contributed by atoms with Gasteiger partial charge in [-0.25, -0.2) is 0 Å². The molecule has 0 bridgehead atoms. The van der Waals surface area contributed by atoms with Crippen molar-refractivity contribution < 1.29 is 14.6 Å². The fraction of sp³-hybridized carbons (Fsp3) is 0.611. The number of benzene rings is 1. The molecule has 3 rings (SSSR count). The summed E-state index contributed by atoms with van der Waals surface area (Å²) in [4.78, 5) is 13.0. The molecule has 2 aliphatic rings. The third-order valence-electron chi connectivity index (χ3n) is 5.29. The Morgan fingerprint density at radius 2 is 1.74 bits per heavy atom. The Labute approximate surface area is 142 Å². The first-order valence-corrected chi connectivity index (χ1v) is 8.76. The highest BCUT2D eigenvalue weighted by Gasteiger charge is 2.43. The number of carbonyl (C=O) groups excluding carboxylic acids is 1. The van der Waals surface area contributed by atoms with Gasteiger partial charge in [-0.1, -0.05) is 36.6 Å². The normalized spacial score (nSPS) is 22.7. The molecular weight excluding hydrogens is 314 g/mol. The summed E-state index contributed by atoms with van der Waals surface area (Å²) in [6.45, 7) is 1.40. The lowest BCUT2D eigenvalue weighted by Gasteiger charge is -2.34. The second kappa shape index (κ2) is 6.80. The lowest BCUT2D eigenvalue weighted by Crippen LogP contribution is -2.51. The van der Waals surface area contributed by atoms with Gasteiger partial charge in [0.1, 0.15) is 0 Å². The van der Waals surface area contributed by atoms with E-state index in [1.807, 2.05) is 24.3 Å². The van der Waals surface area contributed by atoms with E-state index in [1.165, 1.54) is 0 Å². The van der Waals surface area contributed by atoms with E-state index in [9.17, 15) is 9.90 Å². The van der Waals surface area contributed by atoms with E-state index in [0.29, 0.717) is 37.6 Å². The van der Waals surface area contributed by atoms with E-state index in [1.54, 1.807) is 0 Å². The van der Waals surface area contributed by atoms with Crippen molar-refractivity contribution in [2.75, 3.05) is 19.8 Å². The summed E-state index contributed by atoms with van der Waals surface area (Å²) in [5, 5.41) is 14.2. The molecule has 1 saturated carbocycles.